The van der Waals surface area contributed by atoms with E-state index in [1.54, 1.807) is 13.2 Å². The first-order valence-electron chi connectivity index (χ1n) is 7.33. The quantitative estimate of drug-likeness (QED) is 0.945. The van der Waals surface area contributed by atoms with Crippen molar-refractivity contribution in [3.8, 4) is 0 Å². The summed E-state index contributed by atoms with van der Waals surface area (Å²) in [4.78, 5) is 24.7. The number of fused-ring (bicyclic) bond motifs is 1. The van der Waals surface area contributed by atoms with Crippen LogP contribution in [0.15, 0.2) is 47.4 Å². The predicted molar refractivity (Wildman–Crippen MR) is 86.7 cm³/mol. The highest BCUT2D eigenvalue weighted by atomic mass is 16.2. The minimum Gasteiger partial charge on any atom is -0.345 e. The van der Waals surface area contributed by atoms with Crippen LogP contribution in [0.5, 0.6) is 0 Å². The molecule has 1 N–H and O–H groups in total. The molecule has 0 aliphatic heterocycles. The predicted octanol–water partition coefficient (Wildman–Crippen LogP) is 2.45. The monoisotopic (exact) mass is 294 g/mol. The lowest BCUT2D eigenvalue weighted by molar-refractivity contribution is 0.0939. The van der Waals surface area contributed by atoms with Gasteiger partial charge in [-0.25, -0.2) is 0 Å². The lowest BCUT2D eigenvalue weighted by Crippen LogP contribution is -2.30. The number of hydrogen-bond donors (Lipinski definition) is 1. The van der Waals surface area contributed by atoms with Gasteiger partial charge in [0.1, 0.15) is 0 Å². The van der Waals surface area contributed by atoms with E-state index in [9.17, 15) is 9.59 Å². The Kier molecular flexibility index (Phi) is 3.67. The van der Waals surface area contributed by atoms with Crippen molar-refractivity contribution in [1.29, 1.82) is 0 Å². The Balaban J connectivity index is 1.91. The molecule has 4 nitrogen and oxygen atoms in total. The number of amides is 1. The fourth-order valence-electron chi connectivity index (χ4n) is 2.78. The number of pyridine rings is 1. The van der Waals surface area contributed by atoms with Gasteiger partial charge in [-0.1, -0.05) is 42.5 Å². The summed E-state index contributed by atoms with van der Waals surface area (Å²) in [7, 11) is 1.68. The molecule has 0 spiro atoms. The van der Waals surface area contributed by atoms with Crippen LogP contribution in [-0.4, -0.2) is 10.5 Å². The number of nitrogens with one attached hydrogen (secondary N) is 1. The first kappa shape index (κ1) is 14.3. The van der Waals surface area contributed by atoms with E-state index in [0.717, 1.165) is 11.1 Å². The second kappa shape index (κ2) is 5.64. The third kappa shape index (κ3) is 2.48. The van der Waals surface area contributed by atoms with Crippen molar-refractivity contribution in [2.24, 2.45) is 7.05 Å². The van der Waals surface area contributed by atoms with Crippen LogP contribution in [0.1, 0.15) is 40.0 Å². The Morgan fingerprint density at radius 1 is 1.27 bits per heavy atom. The molecule has 0 radical (unpaired) electrons. The number of rotatable bonds is 3. The third-order valence-electron chi connectivity index (χ3n) is 4.01. The second-order valence-corrected chi connectivity index (χ2v) is 5.56. The van der Waals surface area contributed by atoms with Crippen LogP contribution in [-0.2, 0) is 13.5 Å². The van der Waals surface area contributed by atoms with E-state index in [1.807, 2.05) is 49.4 Å². The van der Waals surface area contributed by atoms with E-state index >= 15 is 0 Å². The van der Waals surface area contributed by atoms with Crippen LogP contribution in [0.3, 0.4) is 0 Å². The minimum atomic E-state index is -0.158. The fraction of sp³-hybridized carbons (Fsp3) is 0.222. The maximum absolute atomic E-state index is 12.6. The van der Waals surface area contributed by atoms with Crippen molar-refractivity contribution in [1.82, 2.24) is 9.88 Å². The third-order valence-corrected chi connectivity index (χ3v) is 4.01. The maximum Gasteiger partial charge on any atom is 0.254 e. The molecular formula is C18H18N2O2. The molecule has 1 heterocycles. The van der Waals surface area contributed by atoms with Crippen LogP contribution in [0.4, 0.5) is 0 Å². The van der Waals surface area contributed by atoms with Gasteiger partial charge in [0.25, 0.3) is 11.5 Å². The van der Waals surface area contributed by atoms with Crippen molar-refractivity contribution in [2.45, 2.75) is 19.4 Å². The zero-order valence-corrected chi connectivity index (χ0v) is 12.7. The topological polar surface area (TPSA) is 51.1 Å². The molecule has 3 rings (SSSR count). The van der Waals surface area contributed by atoms with Crippen molar-refractivity contribution < 1.29 is 4.79 Å². The average molecular weight is 294 g/mol. The summed E-state index contributed by atoms with van der Waals surface area (Å²) in [6, 6.07) is 9.72. The fourth-order valence-corrected chi connectivity index (χ4v) is 2.78. The Morgan fingerprint density at radius 3 is 2.73 bits per heavy atom. The highest BCUT2D eigenvalue weighted by Gasteiger charge is 2.21. The highest BCUT2D eigenvalue weighted by Crippen LogP contribution is 2.21. The lowest BCUT2D eigenvalue weighted by atomic mass is 10.0. The van der Waals surface area contributed by atoms with E-state index < -0.39 is 0 Å². The molecular weight excluding hydrogens is 276 g/mol. The van der Waals surface area contributed by atoms with Crippen molar-refractivity contribution >= 4 is 12.0 Å². The van der Waals surface area contributed by atoms with E-state index in [4.69, 9.17) is 0 Å². The molecule has 1 atom stereocenters. The summed E-state index contributed by atoms with van der Waals surface area (Å²) in [5.74, 6) is -0.158. The summed E-state index contributed by atoms with van der Waals surface area (Å²) >= 11 is 0. The normalized spacial score (nSPS) is 13.7. The van der Waals surface area contributed by atoms with Crippen molar-refractivity contribution in [3.05, 3.63) is 75.2 Å². The molecule has 0 fully saturated rings. The molecule has 1 aromatic heterocycles. The van der Waals surface area contributed by atoms with E-state index in [0.29, 0.717) is 17.5 Å². The molecule has 4 heteroatoms. The highest BCUT2D eigenvalue weighted by molar-refractivity contribution is 5.98. The van der Waals surface area contributed by atoms with Crippen LogP contribution >= 0.6 is 0 Å². The smallest absolute Gasteiger partial charge is 0.254 e. The van der Waals surface area contributed by atoms with E-state index in [1.165, 1.54) is 4.57 Å². The molecule has 0 bridgehead atoms. The molecule has 2 aromatic rings. The largest absolute Gasteiger partial charge is 0.345 e. The summed E-state index contributed by atoms with van der Waals surface area (Å²) in [6.45, 7) is 1.95. The molecule has 1 aliphatic carbocycles. The van der Waals surface area contributed by atoms with Gasteiger partial charge in [-0.2, -0.15) is 0 Å². The molecule has 22 heavy (non-hydrogen) atoms. The Bertz CT molecular complexity index is 804. The van der Waals surface area contributed by atoms with E-state index in [2.05, 4.69) is 5.32 Å². The summed E-state index contributed by atoms with van der Waals surface area (Å²) < 4.78 is 1.48. The number of hydrogen-bond acceptors (Lipinski definition) is 2. The summed E-state index contributed by atoms with van der Waals surface area (Å²) in [5.41, 5.74) is 3.01. The molecule has 1 aromatic carbocycles. The van der Waals surface area contributed by atoms with Crippen LogP contribution in [0.2, 0.25) is 0 Å². The Hall–Kier alpha value is -2.62. The molecule has 0 unspecified atom stereocenters. The maximum atomic E-state index is 12.6. The van der Waals surface area contributed by atoms with Crippen molar-refractivity contribution in [3.63, 3.8) is 0 Å². The molecule has 0 saturated heterocycles. The van der Waals surface area contributed by atoms with Gasteiger partial charge in [-0.05, 0) is 24.5 Å². The van der Waals surface area contributed by atoms with Gasteiger partial charge >= 0.3 is 0 Å². The zero-order chi connectivity index (χ0) is 15.7. The summed E-state index contributed by atoms with van der Waals surface area (Å²) in [6.07, 6.45) is 5.99. The van der Waals surface area contributed by atoms with Gasteiger partial charge in [0, 0.05) is 18.8 Å². The number of aromatic nitrogens is 1. The van der Waals surface area contributed by atoms with Gasteiger partial charge in [-0.3, -0.25) is 9.59 Å². The van der Waals surface area contributed by atoms with Crippen LogP contribution in [0, 0.1) is 0 Å². The van der Waals surface area contributed by atoms with Gasteiger partial charge < -0.3 is 9.88 Å². The minimum absolute atomic E-state index is 0.0346. The van der Waals surface area contributed by atoms with Crippen LogP contribution in [0.25, 0.3) is 6.08 Å². The Labute approximate surface area is 129 Å². The van der Waals surface area contributed by atoms with Crippen LogP contribution < -0.4 is 10.9 Å². The van der Waals surface area contributed by atoms with Gasteiger partial charge in [0.2, 0.25) is 0 Å². The number of carbonyl (C=O) groups excluding carboxylic acids is 1. The van der Waals surface area contributed by atoms with Gasteiger partial charge in [-0.15, -0.1) is 0 Å². The first-order chi connectivity index (χ1) is 10.6. The number of benzene rings is 1. The summed E-state index contributed by atoms with van der Waals surface area (Å²) in [5, 5.41) is 3.00. The zero-order valence-electron chi connectivity index (χ0n) is 12.7. The van der Waals surface area contributed by atoms with Crippen molar-refractivity contribution in [2.75, 3.05) is 0 Å². The number of carbonyl (C=O) groups is 1. The molecule has 112 valence electrons. The molecule has 0 saturated carbocycles. The SMILES string of the molecule is C[C@@H](NC(=O)c1cn(C)c(=O)c2c1C=CC2)c1ccccc1. The number of allylic oxidation sites excluding steroid dienone is 1. The molecule has 1 aliphatic rings. The van der Waals surface area contributed by atoms with Gasteiger partial charge in [0.05, 0.1) is 11.6 Å². The standard InChI is InChI=1S/C18H18N2O2/c1-12(13-7-4-3-5-8-13)19-17(21)16-11-20(2)18(22)15-10-6-9-14(15)16/h3-9,11-12H,10H2,1-2H3,(H,19,21)/t12-/m1/s1. The lowest BCUT2D eigenvalue weighted by Gasteiger charge is -2.16. The Morgan fingerprint density at radius 2 is 2.00 bits per heavy atom. The second-order valence-electron chi connectivity index (χ2n) is 5.56. The first-order valence-corrected chi connectivity index (χ1v) is 7.33. The molecule has 1 amide bonds. The van der Waals surface area contributed by atoms with Gasteiger partial charge in [0.15, 0.2) is 0 Å². The number of nitrogens with zero attached hydrogens (tertiary/aromatic N) is 1. The number of aryl methyl sites for hydroxylation is 1. The average Bonchev–Trinajstić information content (AvgIpc) is 3.01. The van der Waals surface area contributed by atoms with E-state index in [-0.39, 0.29) is 17.5 Å².